The van der Waals surface area contributed by atoms with Crippen LogP contribution in [0.5, 0.6) is 0 Å². The molecule has 3 nitrogen and oxygen atoms in total. The number of benzene rings is 4. The van der Waals surface area contributed by atoms with Gasteiger partial charge in [0.25, 0.3) is 0 Å². The molecule has 0 radical (unpaired) electrons. The molecular formula is C52H54N2OSi+2. The van der Waals surface area contributed by atoms with Crippen LogP contribution < -0.4 is 14.3 Å². The minimum atomic E-state index is -1.67. The third kappa shape index (κ3) is 6.00. The van der Waals surface area contributed by atoms with Gasteiger partial charge in [-0.2, -0.15) is 9.13 Å². The van der Waals surface area contributed by atoms with Gasteiger partial charge in [-0.05, 0) is 96.8 Å². The van der Waals surface area contributed by atoms with Crippen molar-refractivity contribution >= 4 is 40.9 Å². The molecule has 4 aromatic carbocycles. The smallest absolute Gasteiger partial charge is 0.218 e. The predicted molar refractivity (Wildman–Crippen MR) is 235 cm³/mol. The number of allylic oxidation sites excluding steroid dienone is 1. The van der Waals surface area contributed by atoms with Crippen LogP contribution in [-0.2, 0) is 12.8 Å². The van der Waals surface area contributed by atoms with Gasteiger partial charge in [-0.15, -0.1) is 0 Å². The summed E-state index contributed by atoms with van der Waals surface area (Å²) in [4.78, 5) is 0. The van der Waals surface area contributed by atoms with Crippen molar-refractivity contribution in [2.75, 3.05) is 0 Å². The average molecular weight is 751 g/mol. The summed E-state index contributed by atoms with van der Waals surface area (Å²) in [5, 5.41) is 4.07. The first kappa shape index (κ1) is 35.4. The minimum absolute atomic E-state index is 0.249. The number of nitrogens with zero attached hydrogens (tertiary/aromatic N) is 2. The van der Waals surface area contributed by atoms with Crippen molar-refractivity contribution in [3.63, 3.8) is 0 Å². The Morgan fingerprint density at radius 2 is 1.55 bits per heavy atom. The van der Waals surface area contributed by atoms with E-state index in [-0.39, 0.29) is 6.04 Å². The summed E-state index contributed by atoms with van der Waals surface area (Å²) in [6.45, 7) is 14.7. The van der Waals surface area contributed by atoms with Gasteiger partial charge in [-0.3, -0.25) is 0 Å². The zero-order chi connectivity index (χ0) is 38.1. The Kier molecular flexibility index (Phi) is 8.74. The highest BCUT2D eigenvalue weighted by molar-refractivity contribution is 6.89. The van der Waals surface area contributed by atoms with E-state index in [2.05, 4.69) is 151 Å². The van der Waals surface area contributed by atoms with Crippen LogP contribution in [0.2, 0.25) is 19.6 Å². The maximum Gasteiger partial charge on any atom is 0.218 e. The van der Waals surface area contributed by atoms with E-state index in [1.807, 2.05) is 0 Å². The highest BCUT2D eigenvalue weighted by Crippen LogP contribution is 2.46. The van der Waals surface area contributed by atoms with Crippen molar-refractivity contribution in [2.24, 2.45) is 5.92 Å². The molecule has 10 rings (SSSR count). The molecule has 1 saturated carbocycles. The first-order valence-electron chi connectivity index (χ1n) is 21.1. The number of pyridine rings is 2. The lowest BCUT2D eigenvalue weighted by molar-refractivity contribution is -0.719. The molecule has 1 fully saturated rings. The quantitative estimate of drug-likeness (QED) is 0.130. The zero-order valence-corrected chi connectivity index (χ0v) is 34.6. The molecule has 1 aliphatic carbocycles. The molecule has 2 atom stereocenters. The molecule has 3 aliphatic rings. The third-order valence-corrected chi connectivity index (χ3v) is 15.5. The first-order chi connectivity index (χ1) is 27.2. The number of aryl methyl sites for hydroxylation is 2. The van der Waals surface area contributed by atoms with E-state index in [1.165, 1.54) is 99.6 Å². The van der Waals surface area contributed by atoms with Crippen molar-refractivity contribution < 1.29 is 13.6 Å². The zero-order valence-electron chi connectivity index (χ0n) is 33.6. The number of hydrogen-bond donors (Lipinski definition) is 0. The minimum Gasteiger partial charge on any atom is -0.456 e. The van der Waals surface area contributed by atoms with Gasteiger partial charge in [-0.25, -0.2) is 0 Å². The van der Waals surface area contributed by atoms with Gasteiger partial charge in [0.15, 0.2) is 24.1 Å². The largest absolute Gasteiger partial charge is 0.456 e. The Balaban J connectivity index is 1.15. The van der Waals surface area contributed by atoms with Gasteiger partial charge in [-0.1, -0.05) is 106 Å². The molecule has 0 amide bonds. The molecule has 2 aliphatic heterocycles. The summed E-state index contributed by atoms with van der Waals surface area (Å²) in [5.41, 5.74) is 16.4. The lowest BCUT2D eigenvalue weighted by Gasteiger charge is -2.33. The number of hydrogen-bond acceptors (Lipinski definition) is 1. The molecule has 7 aromatic rings. The fraction of sp³-hybridized carbons (Fsp3) is 0.308. The predicted octanol–water partition coefficient (Wildman–Crippen LogP) is 12.3. The van der Waals surface area contributed by atoms with Crippen LogP contribution in [0.15, 0.2) is 127 Å². The molecule has 280 valence electrons. The second-order valence-corrected chi connectivity index (χ2v) is 23.1. The molecule has 0 bridgehead atoms. The van der Waals surface area contributed by atoms with Crippen LogP contribution in [-0.4, -0.2) is 8.07 Å². The normalized spacial score (nSPS) is 18.5. The highest BCUT2D eigenvalue weighted by atomic mass is 28.3. The summed E-state index contributed by atoms with van der Waals surface area (Å²) in [6, 6.07) is 38.7. The molecule has 5 heterocycles. The Morgan fingerprint density at radius 3 is 2.38 bits per heavy atom. The molecule has 4 heteroatoms. The lowest BCUT2D eigenvalue weighted by Crippen LogP contribution is -2.54. The van der Waals surface area contributed by atoms with Crippen LogP contribution in [0.1, 0.15) is 79.2 Å². The van der Waals surface area contributed by atoms with Crippen LogP contribution in [0.3, 0.4) is 0 Å². The third-order valence-electron chi connectivity index (χ3n) is 13.5. The molecular weight excluding hydrogens is 697 g/mol. The van der Waals surface area contributed by atoms with E-state index in [0.29, 0.717) is 5.92 Å². The summed E-state index contributed by atoms with van der Waals surface area (Å²) in [6.07, 6.45) is 15.8. The van der Waals surface area contributed by atoms with Gasteiger partial charge in [0.1, 0.15) is 11.2 Å². The van der Waals surface area contributed by atoms with Gasteiger partial charge in [0, 0.05) is 51.2 Å². The number of furan rings is 1. The second-order valence-electron chi connectivity index (χ2n) is 18.1. The molecule has 0 saturated heterocycles. The maximum absolute atomic E-state index is 7.06. The van der Waals surface area contributed by atoms with Crippen LogP contribution in [0.4, 0.5) is 0 Å². The van der Waals surface area contributed by atoms with Gasteiger partial charge < -0.3 is 4.42 Å². The fourth-order valence-corrected chi connectivity index (χ4v) is 12.4. The molecule has 3 aromatic heterocycles. The van der Waals surface area contributed by atoms with Gasteiger partial charge in [0.05, 0.1) is 20.1 Å². The van der Waals surface area contributed by atoms with Gasteiger partial charge >= 0.3 is 0 Å². The SMILES string of the molecule is C=C1CC2C(CCc3c(ccc4c3oc3cc(-c5ccccc5)cc(C)c34)-c3cccc[n+]31)c1ccccc1-c1cc(CC3CCCCC3)c([Si](C)(C)C)c[n+]12. The van der Waals surface area contributed by atoms with Gasteiger partial charge in [0.2, 0.25) is 11.4 Å². The Hall–Kier alpha value is -5.06. The number of aromatic nitrogens is 2. The molecule has 0 spiro atoms. The summed E-state index contributed by atoms with van der Waals surface area (Å²) in [7, 11) is -1.67. The van der Waals surface area contributed by atoms with E-state index in [9.17, 15) is 0 Å². The van der Waals surface area contributed by atoms with E-state index < -0.39 is 8.07 Å². The number of rotatable bonds is 4. The van der Waals surface area contributed by atoms with E-state index in [1.54, 1.807) is 10.8 Å². The highest BCUT2D eigenvalue weighted by Gasteiger charge is 2.44. The standard InChI is InChI=1S/C52H54N2OSi/c1-34-28-38(37-18-10-7-11-19-37)32-49-51(34)45-26-24-43-44(52(45)55-49)25-23-42-40-20-12-13-21-41(40)48-31-39(30-36-16-8-6-9-17-36)50(56(3,4)5)33-54(48)47(42)29-35(2)53-27-15-14-22-46(43)53/h7,10-15,18-22,24,26-28,31-33,36,42,47H,2,6,8-9,16-17,23,25,29-30H2,1,3-5H3/q+2. The van der Waals surface area contributed by atoms with Crippen molar-refractivity contribution in [1.82, 2.24) is 0 Å². The summed E-state index contributed by atoms with van der Waals surface area (Å²) < 4.78 is 12.1. The Bertz CT molecular complexity index is 2660. The van der Waals surface area contributed by atoms with Crippen molar-refractivity contribution in [3.8, 4) is 33.6 Å². The molecule has 56 heavy (non-hydrogen) atoms. The summed E-state index contributed by atoms with van der Waals surface area (Å²) >= 11 is 0. The van der Waals surface area contributed by atoms with E-state index >= 15 is 0 Å². The molecule has 2 unspecified atom stereocenters. The monoisotopic (exact) mass is 750 g/mol. The maximum atomic E-state index is 7.06. The second kappa shape index (κ2) is 13.8. The summed E-state index contributed by atoms with van der Waals surface area (Å²) in [5.74, 6) is 1.13. The Morgan fingerprint density at radius 1 is 0.768 bits per heavy atom. The Labute approximate surface area is 333 Å². The van der Waals surface area contributed by atoms with Crippen molar-refractivity contribution in [3.05, 3.63) is 144 Å². The average Bonchev–Trinajstić information content (AvgIpc) is 3.60. The van der Waals surface area contributed by atoms with Crippen LogP contribution in [0, 0.1) is 12.8 Å². The van der Waals surface area contributed by atoms with Crippen molar-refractivity contribution in [2.45, 2.75) is 96.3 Å². The van der Waals surface area contributed by atoms with Crippen LogP contribution >= 0.6 is 0 Å². The van der Waals surface area contributed by atoms with Crippen LogP contribution in [0.25, 0.3) is 61.3 Å². The van der Waals surface area contributed by atoms with E-state index in [4.69, 9.17) is 11.0 Å². The first-order valence-corrected chi connectivity index (χ1v) is 24.6. The number of fused-ring (bicyclic) bond motifs is 13. The lowest BCUT2D eigenvalue weighted by atomic mass is 9.77. The van der Waals surface area contributed by atoms with Crippen molar-refractivity contribution in [1.29, 1.82) is 0 Å². The topological polar surface area (TPSA) is 20.9 Å². The molecule has 0 N–H and O–H groups in total. The fourth-order valence-electron chi connectivity index (χ4n) is 10.8. The van der Waals surface area contributed by atoms with E-state index in [0.717, 1.165) is 42.0 Å².